The number of rotatable bonds is 3. The van der Waals surface area contributed by atoms with Crippen molar-refractivity contribution in [2.24, 2.45) is 0 Å². The Balaban J connectivity index is 1.33. The first-order valence-corrected chi connectivity index (χ1v) is 13.3. The average molecular weight is 487 g/mol. The second-order valence-corrected chi connectivity index (χ2v) is 10.3. The van der Waals surface area contributed by atoms with Crippen LogP contribution in [0.1, 0.15) is 17.0 Å². The van der Waals surface area contributed by atoms with Crippen molar-refractivity contribution < 1.29 is 0 Å². The summed E-state index contributed by atoms with van der Waals surface area (Å²) in [7, 11) is 0. The van der Waals surface area contributed by atoms with Gasteiger partial charge in [0.15, 0.2) is 0 Å². The van der Waals surface area contributed by atoms with Crippen LogP contribution in [0.2, 0.25) is 0 Å². The van der Waals surface area contributed by atoms with E-state index in [4.69, 9.17) is 0 Å². The Hall–Kier alpha value is -4.82. The summed E-state index contributed by atoms with van der Waals surface area (Å²) in [4.78, 5) is 0. The lowest BCUT2D eigenvalue weighted by atomic mass is 9.86. The van der Waals surface area contributed by atoms with Gasteiger partial charge in [-0.15, -0.1) is 0 Å². The van der Waals surface area contributed by atoms with E-state index in [1.54, 1.807) is 0 Å². The molecule has 0 spiro atoms. The molecule has 0 bridgehead atoms. The Bertz CT molecular complexity index is 1890. The van der Waals surface area contributed by atoms with Gasteiger partial charge in [0.1, 0.15) is 0 Å². The second kappa shape index (κ2) is 8.36. The van der Waals surface area contributed by atoms with E-state index in [-0.39, 0.29) is 0 Å². The average Bonchev–Trinajstić information content (AvgIpc) is 3.52. The van der Waals surface area contributed by atoms with Gasteiger partial charge in [-0.1, -0.05) is 97.1 Å². The van der Waals surface area contributed by atoms with Crippen LogP contribution in [0.3, 0.4) is 0 Å². The normalized spacial score (nSPS) is 17.7. The molecule has 2 nitrogen and oxygen atoms in total. The molecular weight excluding hydrogens is 460 g/mol. The molecule has 0 radical (unpaired) electrons. The predicted octanol–water partition coefficient (Wildman–Crippen LogP) is 8.98. The molecule has 1 N–H and O–H groups in total. The zero-order valence-electron chi connectivity index (χ0n) is 20.9. The van der Waals surface area contributed by atoms with Crippen LogP contribution in [-0.4, -0.2) is 10.6 Å². The third-order valence-electron chi connectivity index (χ3n) is 8.09. The van der Waals surface area contributed by atoms with Gasteiger partial charge in [0.2, 0.25) is 0 Å². The van der Waals surface area contributed by atoms with Crippen LogP contribution in [0.15, 0.2) is 140 Å². The molecule has 1 aliphatic heterocycles. The summed E-state index contributed by atoms with van der Waals surface area (Å²) in [5, 5.41) is 6.23. The minimum absolute atomic E-state index is 0.327. The highest BCUT2D eigenvalue weighted by Crippen LogP contribution is 2.42. The molecule has 8 rings (SSSR count). The number of hydrogen-bond donors (Lipinski definition) is 1. The molecule has 1 aromatic heterocycles. The van der Waals surface area contributed by atoms with E-state index in [9.17, 15) is 0 Å². The zero-order valence-corrected chi connectivity index (χ0v) is 20.9. The van der Waals surface area contributed by atoms with Crippen LogP contribution in [0.4, 0.5) is 5.69 Å². The fraction of sp³-hybridized carbons (Fsp3) is 0.0556. The van der Waals surface area contributed by atoms with Gasteiger partial charge < -0.3 is 9.88 Å². The Morgan fingerprint density at radius 1 is 0.579 bits per heavy atom. The van der Waals surface area contributed by atoms with Crippen molar-refractivity contribution in [2.45, 2.75) is 12.0 Å². The van der Waals surface area contributed by atoms with Crippen molar-refractivity contribution in [1.82, 2.24) is 4.57 Å². The minimum Gasteiger partial charge on any atom is -0.378 e. The fourth-order valence-electron chi connectivity index (χ4n) is 6.26. The van der Waals surface area contributed by atoms with E-state index >= 15 is 0 Å². The molecular formula is C36H26N2. The van der Waals surface area contributed by atoms with Crippen LogP contribution in [0.25, 0.3) is 44.2 Å². The van der Waals surface area contributed by atoms with Gasteiger partial charge in [0.25, 0.3) is 0 Å². The molecule has 0 saturated carbocycles. The molecule has 180 valence electrons. The predicted molar refractivity (Wildman–Crippen MR) is 160 cm³/mol. The first-order chi connectivity index (χ1) is 18.8. The van der Waals surface area contributed by atoms with Gasteiger partial charge in [-0.2, -0.15) is 0 Å². The van der Waals surface area contributed by atoms with Crippen molar-refractivity contribution in [2.75, 3.05) is 5.32 Å². The smallest absolute Gasteiger partial charge is 0.0552 e. The van der Waals surface area contributed by atoms with Gasteiger partial charge >= 0.3 is 0 Å². The summed E-state index contributed by atoms with van der Waals surface area (Å²) in [6, 6.07) is 44.2. The maximum Gasteiger partial charge on any atom is 0.0552 e. The van der Waals surface area contributed by atoms with Crippen LogP contribution in [-0.2, 0) is 0 Å². The summed E-state index contributed by atoms with van der Waals surface area (Å²) in [5.41, 5.74) is 11.3. The number of allylic oxidation sites excluding steroid dienone is 2. The largest absolute Gasteiger partial charge is 0.378 e. The molecule has 38 heavy (non-hydrogen) atoms. The number of fused-ring (bicyclic) bond motifs is 6. The Morgan fingerprint density at radius 3 is 2.03 bits per heavy atom. The van der Waals surface area contributed by atoms with Crippen LogP contribution < -0.4 is 5.32 Å². The van der Waals surface area contributed by atoms with Crippen molar-refractivity contribution in [3.63, 3.8) is 0 Å². The highest BCUT2D eigenvalue weighted by atomic mass is 15.0. The molecule has 1 aliphatic carbocycles. The van der Waals surface area contributed by atoms with E-state index in [0.717, 1.165) is 0 Å². The van der Waals surface area contributed by atoms with Gasteiger partial charge in [0.05, 0.1) is 17.1 Å². The maximum atomic E-state index is 3.67. The number of anilines is 1. The summed E-state index contributed by atoms with van der Waals surface area (Å²) >= 11 is 0. The first-order valence-electron chi connectivity index (χ1n) is 13.3. The number of aromatic nitrogens is 1. The number of benzene rings is 5. The molecule has 2 atom stereocenters. The summed E-state index contributed by atoms with van der Waals surface area (Å²) < 4.78 is 2.39. The molecule has 0 amide bonds. The van der Waals surface area contributed by atoms with E-state index in [0.29, 0.717) is 12.0 Å². The molecule has 0 fully saturated rings. The van der Waals surface area contributed by atoms with E-state index in [1.807, 2.05) is 0 Å². The van der Waals surface area contributed by atoms with Crippen molar-refractivity contribution in [3.8, 4) is 16.8 Å². The Kier molecular flexibility index (Phi) is 4.68. The molecule has 2 unspecified atom stereocenters. The third-order valence-corrected chi connectivity index (χ3v) is 8.09. The lowest BCUT2D eigenvalue weighted by molar-refractivity contribution is 0.808. The van der Waals surface area contributed by atoms with Crippen molar-refractivity contribution in [1.29, 1.82) is 0 Å². The molecule has 2 heteroatoms. The van der Waals surface area contributed by atoms with Crippen molar-refractivity contribution in [3.05, 3.63) is 151 Å². The fourth-order valence-corrected chi connectivity index (χ4v) is 6.26. The standard InChI is InChI=1S/C36H26N2/c1-3-9-24(10-4-1)25-16-19-35-31(22-25)32-23-27(17-20-36(32)38(35)28-11-5-2-6-12-28)26-15-18-34-30(21-26)29-13-7-8-14-33(29)37-34/h1-23,30,34,37H. The van der Waals surface area contributed by atoms with E-state index in [1.165, 1.54) is 61.0 Å². The second-order valence-electron chi connectivity index (χ2n) is 10.3. The van der Waals surface area contributed by atoms with E-state index in [2.05, 4.69) is 149 Å². The topological polar surface area (TPSA) is 17.0 Å². The summed E-state index contributed by atoms with van der Waals surface area (Å²) in [6.07, 6.45) is 7.05. The number of nitrogens with zero attached hydrogens (tertiary/aromatic N) is 1. The Morgan fingerprint density at radius 2 is 1.24 bits per heavy atom. The molecule has 5 aromatic carbocycles. The van der Waals surface area contributed by atoms with Crippen LogP contribution in [0, 0.1) is 0 Å². The quantitative estimate of drug-likeness (QED) is 0.264. The minimum atomic E-state index is 0.327. The third kappa shape index (κ3) is 3.27. The first kappa shape index (κ1) is 21.3. The van der Waals surface area contributed by atoms with E-state index < -0.39 is 0 Å². The van der Waals surface area contributed by atoms with Gasteiger partial charge in [-0.3, -0.25) is 0 Å². The lowest BCUT2D eigenvalue weighted by Crippen LogP contribution is -2.18. The maximum absolute atomic E-state index is 3.67. The SMILES string of the molecule is C1=CC2Nc3ccccc3C2C=C1c1ccc2c(c1)c1cc(-c3ccccc3)ccc1n2-c1ccccc1. The zero-order chi connectivity index (χ0) is 25.1. The highest BCUT2D eigenvalue weighted by Gasteiger charge is 2.30. The summed E-state index contributed by atoms with van der Waals surface area (Å²) in [5.74, 6) is 0.359. The van der Waals surface area contributed by atoms with Crippen molar-refractivity contribution >= 4 is 33.1 Å². The lowest BCUT2D eigenvalue weighted by Gasteiger charge is -2.20. The van der Waals surface area contributed by atoms with Gasteiger partial charge in [0, 0.05) is 28.1 Å². The molecule has 0 saturated heterocycles. The number of hydrogen-bond acceptors (Lipinski definition) is 1. The molecule has 2 heterocycles. The van der Waals surface area contributed by atoms with Gasteiger partial charge in [-0.25, -0.2) is 0 Å². The number of para-hydroxylation sites is 2. The van der Waals surface area contributed by atoms with Gasteiger partial charge in [-0.05, 0) is 70.3 Å². The molecule has 6 aromatic rings. The Labute approximate surface area is 222 Å². The monoisotopic (exact) mass is 486 g/mol. The summed E-state index contributed by atoms with van der Waals surface area (Å²) in [6.45, 7) is 0. The highest BCUT2D eigenvalue weighted by molar-refractivity contribution is 6.11. The van der Waals surface area contributed by atoms with Crippen LogP contribution >= 0.6 is 0 Å². The molecule has 2 aliphatic rings. The van der Waals surface area contributed by atoms with Crippen LogP contribution in [0.5, 0.6) is 0 Å². The number of nitrogens with one attached hydrogen (secondary N) is 1.